The van der Waals surface area contributed by atoms with Crippen molar-refractivity contribution in [3.8, 4) is 5.69 Å². The Morgan fingerprint density at radius 2 is 1.94 bits per heavy atom. The molecule has 0 aliphatic carbocycles. The lowest BCUT2D eigenvalue weighted by molar-refractivity contribution is -0.121. The lowest BCUT2D eigenvalue weighted by Gasteiger charge is -2.20. The molecule has 1 amide bonds. The molecule has 5 rings (SSSR count). The van der Waals surface area contributed by atoms with Gasteiger partial charge in [0.2, 0.25) is 5.91 Å². The van der Waals surface area contributed by atoms with Gasteiger partial charge in [-0.15, -0.1) is 0 Å². The number of rotatable bonds is 6. The summed E-state index contributed by atoms with van der Waals surface area (Å²) < 4.78 is 1.85. The Balaban J connectivity index is 1.31. The van der Waals surface area contributed by atoms with Crippen LogP contribution in [0.3, 0.4) is 0 Å². The number of pyridine rings is 2. The van der Waals surface area contributed by atoms with Crippen molar-refractivity contribution < 1.29 is 4.79 Å². The highest BCUT2D eigenvalue weighted by Gasteiger charge is 2.34. The van der Waals surface area contributed by atoms with Crippen molar-refractivity contribution >= 4 is 16.8 Å². The molecule has 1 saturated heterocycles. The second kappa shape index (κ2) is 9.11. The quantitative estimate of drug-likeness (QED) is 0.498. The van der Waals surface area contributed by atoms with Crippen LogP contribution in [0, 0.1) is 6.92 Å². The molecule has 0 bridgehead atoms. The first-order chi connectivity index (χ1) is 16.1. The van der Waals surface area contributed by atoms with Crippen molar-refractivity contribution in [3.63, 3.8) is 0 Å². The molecule has 0 unspecified atom stereocenters. The number of nitrogens with zero attached hydrogens (tertiary/aromatic N) is 5. The highest BCUT2D eigenvalue weighted by Crippen LogP contribution is 2.27. The molecule has 1 N–H and O–H groups in total. The number of carbonyl (C=O) groups is 1. The molecule has 2 atom stereocenters. The first-order valence-corrected chi connectivity index (χ1v) is 11.4. The van der Waals surface area contributed by atoms with Crippen molar-refractivity contribution in [2.24, 2.45) is 0 Å². The minimum Gasteiger partial charge on any atom is -0.351 e. The molecule has 0 saturated carbocycles. The van der Waals surface area contributed by atoms with E-state index in [-0.39, 0.29) is 18.4 Å². The maximum absolute atomic E-state index is 12.9. The largest absolute Gasteiger partial charge is 0.351 e. The zero-order valence-electron chi connectivity index (χ0n) is 19.0. The number of likely N-dealkylation sites (N-methyl/N-ethyl adjacent to an activating group) is 1. The first kappa shape index (κ1) is 21.3. The first-order valence-electron chi connectivity index (χ1n) is 11.4. The average Bonchev–Trinajstić information content (AvgIpc) is 3.43. The zero-order chi connectivity index (χ0) is 22.8. The van der Waals surface area contributed by atoms with Crippen LogP contribution in [0.1, 0.15) is 29.8 Å². The van der Waals surface area contributed by atoms with Gasteiger partial charge >= 0.3 is 0 Å². The van der Waals surface area contributed by atoms with Crippen molar-refractivity contribution in [2.75, 3.05) is 19.6 Å². The summed E-state index contributed by atoms with van der Waals surface area (Å²) in [6, 6.07) is 16.4. The van der Waals surface area contributed by atoms with Gasteiger partial charge in [-0.1, -0.05) is 37.3 Å². The van der Waals surface area contributed by atoms with E-state index in [9.17, 15) is 4.79 Å². The highest BCUT2D eigenvalue weighted by atomic mass is 16.1. The van der Waals surface area contributed by atoms with E-state index in [1.165, 1.54) is 5.56 Å². The van der Waals surface area contributed by atoms with Gasteiger partial charge in [0.25, 0.3) is 0 Å². The molecule has 4 heterocycles. The van der Waals surface area contributed by atoms with E-state index in [2.05, 4.69) is 56.5 Å². The summed E-state index contributed by atoms with van der Waals surface area (Å²) in [5.41, 5.74) is 4.80. The molecular formula is C26H28N6O. The summed E-state index contributed by atoms with van der Waals surface area (Å²) in [6.45, 7) is 6.93. The van der Waals surface area contributed by atoms with E-state index >= 15 is 0 Å². The third kappa shape index (κ3) is 4.50. The van der Waals surface area contributed by atoms with Crippen molar-refractivity contribution in [2.45, 2.75) is 32.2 Å². The summed E-state index contributed by atoms with van der Waals surface area (Å²) in [6.07, 6.45) is 5.63. The second-order valence-corrected chi connectivity index (χ2v) is 8.67. The van der Waals surface area contributed by atoms with Gasteiger partial charge < -0.3 is 10.2 Å². The van der Waals surface area contributed by atoms with Crippen LogP contribution in [0.2, 0.25) is 0 Å². The number of carbonyl (C=O) groups excluding carboxylic acids is 1. The van der Waals surface area contributed by atoms with Crippen LogP contribution >= 0.6 is 0 Å². The lowest BCUT2D eigenvalue weighted by atomic mass is 9.94. The Bertz CT molecular complexity index is 1270. The van der Waals surface area contributed by atoms with Gasteiger partial charge in [0.15, 0.2) is 0 Å². The van der Waals surface area contributed by atoms with Crippen molar-refractivity contribution in [3.05, 3.63) is 84.1 Å². The fourth-order valence-electron chi connectivity index (χ4n) is 4.69. The highest BCUT2D eigenvalue weighted by molar-refractivity contribution is 5.83. The van der Waals surface area contributed by atoms with Crippen LogP contribution in [0.25, 0.3) is 16.6 Å². The van der Waals surface area contributed by atoms with Gasteiger partial charge in [-0.05, 0) is 37.2 Å². The molecule has 1 fully saturated rings. The third-order valence-corrected chi connectivity index (χ3v) is 6.39. The molecule has 0 spiro atoms. The number of hydrogen-bond acceptors (Lipinski definition) is 5. The minimum absolute atomic E-state index is 0.00267. The van der Waals surface area contributed by atoms with E-state index in [1.54, 1.807) is 12.4 Å². The minimum atomic E-state index is 0.00267. The second-order valence-electron chi connectivity index (χ2n) is 8.67. The SMILES string of the molecule is CCN1C[C@H](NC(=O)Cc2cc3cnn(-c4ccnc(C)c4)c3cn2)[C@@H](c2ccccc2)C1. The van der Waals surface area contributed by atoms with Crippen molar-refractivity contribution in [1.29, 1.82) is 0 Å². The summed E-state index contributed by atoms with van der Waals surface area (Å²) in [5, 5.41) is 8.75. The molecule has 1 aliphatic heterocycles. The zero-order valence-corrected chi connectivity index (χ0v) is 19.0. The van der Waals surface area contributed by atoms with Gasteiger partial charge in [0, 0.05) is 42.3 Å². The molecule has 1 aliphatic rings. The number of hydrogen-bond donors (Lipinski definition) is 1. The van der Waals surface area contributed by atoms with E-state index in [4.69, 9.17) is 0 Å². The van der Waals surface area contributed by atoms with Gasteiger partial charge in [0.1, 0.15) is 0 Å². The lowest BCUT2D eigenvalue weighted by Crippen LogP contribution is -2.40. The maximum Gasteiger partial charge on any atom is 0.226 e. The Kier molecular flexibility index (Phi) is 5.88. The molecule has 33 heavy (non-hydrogen) atoms. The monoisotopic (exact) mass is 440 g/mol. The Hall–Kier alpha value is -3.58. The normalized spacial score (nSPS) is 18.6. The third-order valence-electron chi connectivity index (χ3n) is 6.39. The van der Waals surface area contributed by atoms with Crippen molar-refractivity contribution in [1.82, 2.24) is 30.0 Å². The summed E-state index contributed by atoms with van der Waals surface area (Å²) >= 11 is 0. The number of benzene rings is 1. The predicted molar refractivity (Wildman–Crippen MR) is 128 cm³/mol. The van der Waals surface area contributed by atoms with Crippen LogP contribution in [0.4, 0.5) is 0 Å². The summed E-state index contributed by atoms with van der Waals surface area (Å²) in [4.78, 5) is 24.1. The average molecular weight is 441 g/mol. The van der Waals surface area contributed by atoms with E-state index in [0.717, 1.165) is 47.6 Å². The number of likely N-dealkylation sites (tertiary alicyclic amines) is 1. The Labute approximate surface area is 193 Å². The fourth-order valence-corrected chi connectivity index (χ4v) is 4.69. The smallest absolute Gasteiger partial charge is 0.226 e. The van der Waals surface area contributed by atoms with Crippen LogP contribution in [0.5, 0.6) is 0 Å². The standard InChI is InChI=1S/C26H28N6O/c1-3-31-16-23(19-7-5-4-6-8-19)24(17-31)30-26(33)13-21-12-20-14-29-32(25(20)15-28-21)22-9-10-27-18(2)11-22/h4-12,14-15,23-24H,3,13,16-17H2,1-2H3,(H,30,33)/t23-,24+/m1/s1. The number of nitrogens with one attached hydrogen (secondary N) is 1. The number of amides is 1. The molecule has 7 heteroatoms. The van der Waals surface area contributed by atoms with E-state index in [1.807, 2.05) is 42.1 Å². The van der Waals surface area contributed by atoms with Gasteiger partial charge in [-0.25, -0.2) is 4.68 Å². The van der Waals surface area contributed by atoms with Crippen LogP contribution in [0.15, 0.2) is 67.1 Å². The van der Waals surface area contributed by atoms with E-state index in [0.29, 0.717) is 5.92 Å². The topological polar surface area (TPSA) is 75.9 Å². The number of aromatic nitrogens is 4. The van der Waals surface area contributed by atoms with Crippen LogP contribution in [-0.4, -0.2) is 56.2 Å². The Morgan fingerprint density at radius 3 is 2.73 bits per heavy atom. The number of aryl methyl sites for hydroxylation is 1. The van der Waals surface area contributed by atoms with Gasteiger partial charge in [-0.3, -0.25) is 14.8 Å². The summed E-state index contributed by atoms with van der Waals surface area (Å²) in [7, 11) is 0. The number of fused-ring (bicyclic) bond motifs is 1. The predicted octanol–water partition coefficient (Wildman–Crippen LogP) is 3.27. The molecule has 0 radical (unpaired) electrons. The fraction of sp³-hybridized carbons (Fsp3) is 0.308. The molecule has 3 aromatic heterocycles. The summed E-state index contributed by atoms with van der Waals surface area (Å²) in [5.74, 6) is 0.301. The van der Waals surface area contributed by atoms with Gasteiger partial charge in [-0.2, -0.15) is 5.10 Å². The maximum atomic E-state index is 12.9. The van der Waals surface area contributed by atoms with Crippen LogP contribution in [-0.2, 0) is 11.2 Å². The van der Waals surface area contributed by atoms with E-state index < -0.39 is 0 Å². The molecule has 4 aromatic rings. The molecule has 1 aromatic carbocycles. The van der Waals surface area contributed by atoms with Crippen LogP contribution < -0.4 is 5.32 Å². The Morgan fingerprint density at radius 1 is 1.09 bits per heavy atom. The van der Waals surface area contributed by atoms with Gasteiger partial charge in [0.05, 0.1) is 35.7 Å². The molecular weight excluding hydrogens is 412 g/mol. The molecule has 7 nitrogen and oxygen atoms in total. The molecule has 168 valence electrons.